The van der Waals surface area contributed by atoms with Gasteiger partial charge in [-0.25, -0.2) is 8.42 Å². The zero-order valence-electron chi connectivity index (χ0n) is 15.7. The number of fused-ring (bicyclic) bond motifs is 1. The Morgan fingerprint density at radius 2 is 1.85 bits per heavy atom. The first-order valence-corrected chi connectivity index (χ1v) is 10.3. The van der Waals surface area contributed by atoms with E-state index in [-0.39, 0.29) is 0 Å². The first-order valence-electron chi connectivity index (χ1n) is 8.77. The molecule has 5 nitrogen and oxygen atoms in total. The van der Waals surface area contributed by atoms with Crippen LogP contribution in [0.5, 0.6) is 5.75 Å². The van der Waals surface area contributed by atoms with E-state index in [2.05, 4.69) is 23.7 Å². The maximum Gasteiger partial charge on any atom is 0.262 e. The second kappa shape index (κ2) is 7.29. The van der Waals surface area contributed by atoms with Crippen LogP contribution in [-0.4, -0.2) is 40.6 Å². The second-order valence-electron chi connectivity index (χ2n) is 7.00. The number of nitrogens with zero attached hydrogens (tertiary/aromatic N) is 1. The maximum atomic E-state index is 12.9. The standard InChI is InChI=1S/C20H26N2O3S/c1-14-7-5-6-8-20(14)26(23,24)21-18-11-12-19(25-4)17-13-15(22(2)3)9-10-16(17)18/h5-8,11-12,15,21H,9-10,13H2,1-4H3/t15-/m0/s1. The minimum absolute atomic E-state index is 0.312. The van der Waals surface area contributed by atoms with Gasteiger partial charge in [-0.1, -0.05) is 18.2 Å². The monoisotopic (exact) mass is 374 g/mol. The molecule has 0 spiro atoms. The van der Waals surface area contributed by atoms with Crippen molar-refractivity contribution in [3.63, 3.8) is 0 Å². The fourth-order valence-electron chi connectivity index (χ4n) is 3.61. The summed E-state index contributed by atoms with van der Waals surface area (Å²) in [6, 6.07) is 11.1. The normalized spacial score (nSPS) is 17.0. The Morgan fingerprint density at radius 1 is 1.12 bits per heavy atom. The lowest BCUT2D eigenvalue weighted by atomic mass is 9.86. The summed E-state index contributed by atoms with van der Waals surface area (Å²) in [5.41, 5.74) is 3.53. The van der Waals surface area contributed by atoms with Crippen molar-refractivity contribution in [2.45, 2.75) is 37.1 Å². The van der Waals surface area contributed by atoms with Crippen LogP contribution in [-0.2, 0) is 22.9 Å². The lowest BCUT2D eigenvalue weighted by Gasteiger charge is -2.32. The van der Waals surface area contributed by atoms with Crippen molar-refractivity contribution in [1.82, 2.24) is 4.90 Å². The summed E-state index contributed by atoms with van der Waals surface area (Å²) < 4.78 is 34.1. The van der Waals surface area contributed by atoms with Crippen molar-refractivity contribution in [3.8, 4) is 5.75 Å². The zero-order valence-corrected chi connectivity index (χ0v) is 16.6. The van der Waals surface area contributed by atoms with E-state index in [4.69, 9.17) is 4.74 Å². The molecular weight excluding hydrogens is 348 g/mol. The minimum atomic E-state index is -3.63. The van der Waals surface area contributed by atoms with Crippen LogP contribution < -0.4 is 9.46 Å². The molecule has 0 unspecified atom stereocenters. The van der Waals surface area contributed by atoms with Crippen molar-refractivity contribution >= 4 is 15.7 Å². The van der Waals surface area contributed by atoms with Gasteiger partial charge in [-0.05, 0) is 69.6 Å². The highest BCUT2D eigenvalue weighted by Crippen LogP contribution is 2.36. The average molecular weight is 375 g/mol. The molecule has 6 heteroatoms. The van der Waals surface area contributed by atoms with Gasteiger partial charge in [0.1, 0.15) is 5.75 Å². The van der Waals surface area contributed by atoms with Gasteiger partial charge < -0.3 is 9.64 Å². The summed E-state index contributed by atoms with van der Waals surface area (Å²) in [6.07, 6.45) is 2.67. The third-order valence-electron chi connectivity index (χ3n) is 5.13. The number of sulfonamides is 1. The molecule has 140 valence electrons. The van der Waals surface area contributed by atoms with Crippen LogP contribution in [0.4, 0.5) is 5.69 Å². The van der Waals surface area contributed by atoms with E-state index in [1.807, 2.05) is 18.2 Å². The molecule has 0 heterocycles. The first-order chi connectivity index (χ1) is 12.3. The topological polar surface area (TPSA) is 58.6 Å². The van der Waals surface area contributed by atoms with Crippen molar-refractivity contribution in [3.05, 3.63) is 53.1 Å². The van der Waals surface area contributed by atoms with E-state index in [9.17, 15) is 8.42 Å². The van der Waals surface area contributed by atoms with Crippen molar-refractivity contribution < 1.29 is 13.2 Å². The number of methoxy groups -OCH3 is 1. The van der Waals surface area contributed by atoms with Crippen LogP contribution in [0.3, 0.4) is 0 Å². The van der Waals surface area contributed by atoms with E-state index in [0.717, 1.165) is 41.7 Å². The Bertz CT molecular complexity index is 907. The molecule has 0 radical (unpaired) electrons. The highest BCUT2D eigenvalue weighted by Gasteiger charge is 2.27. The van der Waals surface area contributed by atoms with Crippen LogP contribution in [0.1, 0.15) is 23.1 Å². The predicted octanol–water partition coefficient (Wildman–Crippen LogP) is 3.22. The van der Waals surface area contributed by atoms with E-state index in [1.165, 1.54) is 0 Å². The lowest BCUT2D eigenvalue weighted by Crippen LogP contribution is -2.34. The summed E-state index contributed by atoms with van der Waals surface area (Å²) in [5.74, 6) is 0.824. The smallest absolute Gasteiger partial charge is 0.262 e. The number of nitrogens with one attached hydrogen (secondary N) is 1. The minimum Gasteiger partial charge on any atom is -0.496 e. The summed E-state index contributed by atoms with van der Waals surface area (Å²) in [6.45, 7) is 1.81. The van der Waals surface area contributed by atoms with Gasteiger partial charge in [-0.2, -0.15) is 0 Å². The van der Waals surface area contributed by atoms with E-state index in [0.29, 0.717) is 16.6 Å². The average Bonchev–Trinajstić information content (AvgIpc) is 2.61. The summed E-state index contributed by atoms with van der Waals surface area (Å²) in [4.78, 5) is 2.53. The molecule has 0 saturated carbocycles. The van der Waals surface area contributed by atoms with Gasteiger partial charge in [0.25, 0.3) is 10.0 Å². The fourth-order valence-corrected chi connectivity index (χ4v) is 4.96. The molecule has 0 saturated heterocycles. The van der Waals surface area contributed by atoms with Crippen LogP contribution >= 0.6 is 0 Å². The number of likely N-dealkylation sites (N-methyl/N-ethyl adjacent to an activating group) is 1. The predicted molar refractivity (Wildman–Crippen MR) is 104 cm³/mol. The van der Waals surface area contributed by atoms with Crippen molar-refractivity contribution in [2.24, 2.45) is 0 Å². The van der Waals surface area contributed by atoms with Gasteiger partial charge >= 0.3 is 0 Å². The second-order valence-corrected chi connectivity index (χ2v) is 8.65. The van der Waals surface area contributed by atoms with E-state index in [1.54, 1.807) is 32.2 Å². The van der Waals surface area contributed by atoms with Gasteiger partial charge in [-0.3, -0.25) is 4.72 Å². The quantitative estimate of drug-likeness (QED) is 0.873. The van der Waals surface area contributed by atoms with Crippen LogP contribution in [0.2, 0.25) is 0 Å². The molecule has 2 aromatic rings. The molecule has 1 aliphatic carbocycles. The third kappa shape index (κ3) is 3.57. The summed E-state index contributed by atoms with van der Waals surface area (Å²) in [5, 5.41) is 0. The molecule has 0 fully saturated rings. The molecule has 0 bridgehead atoms. The van der Waals surface area contributed by atoms with Gasteiger partial charge in [0.15, 0.2) is 0 Å². The van der Waals surface area contributed by atoms with E-state index < -0.39 is 10.0 Å². The molecule has 0 aromatic heterocycles. The zero-order chi connectivity index (χ0) is 18.9. The molecule has 26 heavy (non-hydrogen) atoms. The third-order valence-corrected chi connectivity index (χ3v) is 6.66. The molecule has 1 atom stereocenters. The van der Waals surface area contributed by atoms with Crippen LogP contribution in [0.15, 0.2) is 41.3 Å². The molecular formula is C20H26N2O3S. The van der Waals surface area contributed by atoms with Crippen molar-refractivity contribution in [2.75, 3.05) is 25.9 Å². The van der Waals surface area contributed by atoms with Crippen LogP contribution in [0.25, 0.3) is 0 Å². The largest absolute Gasteiger partial charge is 0.496 e. The highest BCUT2D eigenvalue weighted by atomic mass is 32.2. The molecule has 1 N–H and O–H groups in total. The number of hydrogen-bond acceptors (Lipinski definition) is 4. The first kappa shape index (κ1) is 18.7. The van der Waals surface area contributed by atoms with Gasteiger partial charge in [0.2, 0.25) is 0 Å². The molecule has 0 amide bonds. The number of ether oxygens (including phenoxy) is 1. The van der Waals surface area contributed by atoms with E-state index >= 15 is 0 Å². The fraction of sp³-hybridized carbons (Fsp3) is 0.400. The molecule has 1 aliphatic rings. The van der Waals surface area contributed by atoms with Crippen molar-refractivity contribution in [1.29, 1.82) is 0 Å². The summed E-state index contributed by atoms with van der Waals surface area (Å²) >= 11 is 0. The summed E-state index contributed by atoms with van der Waals surface area (Å²) in [7, 11) is 2.18. The van der Waals surface area contributed by atoms with Gasteiger partial charge in [0.05, 0.1) is 17.7 Å². The Labute approximate surface area is 156 Å². The van der Waals surface area contributed by atoms with Gasteiger partial charge in [0, 0.05) is 11.6 Å². The number of anilines is 1. The molecule has 3 rings (SSSR count). The Balaban J connectivity index is 2.00. The Kier molecular flexibility index (Phi) is 5.25. The SMILES string of the molecule is COc1ccc(NS(=O)(=O)c2ccccc2C)c2c1C[C@@H](N(C)C)CC2. The highest BCUT2D eigenvalue weighted by molar-refractivity contribution is 7.92. The number of aryl methyl sites for hydroxylation is 1. The lowest BCUT2D eigenvalue weighted by molar-refractivity contribution is 0.265. The maximum absolute atomic E-state index is 12.9. The van der Waals surface area contributed by atoms with Gasteiger partial charge in [-0.15, -0.1) is 0 Å². The molecule has 2 aromatic carbocycles. The Morgan fingerprint density at radius 3 is 2.50 bits per heavy atom. The van der Waals surface area contributed by atoms with Crippen LogP contribution in [0, 0.1) is 6.92 Å². The number of hydrogen-bond donors (Lipinski definition) is 1. The Hall–Kier alpha value is -2.05. The number of rotatable bonds is 5. The number of benzene rings is 2. The molecule has 0 aliphatic heterocycles.